The van der Waals surface area contributed by atoms with Crippen LogP contribution in [0.1, 0.15) is 0 Å². The molecule has 0 unspecified atom stereocenters. The molecule has 10 aromatic carbocycles. The van der Waals surface area contributed by atoms with Crippen molar-refractivity contribution in [1.29, 1.82) is 0 Å². The zero-order valence-electron chi connectivity index (χ0n) is 30.6. The van der Waals surface area contributed by atoms with Crippen LogP contribution >= 0.6 is 11.3 Å². The number of fused-ring (bicyclic) bond motifs is 8. The highest BCUT2D eigenvalue weighted by Gasteiger charge is 2.21. The van der Waals surface area contributed by atoms with Crippen LogP contribution < -0.4 is 4.90 Å². The Labute approximate surface area is 330 Å². The fourth-order valence-electron chi connectivity index (χ4n) is 8.56. The van der Waals surface area contributed by atoms with E-state index >= 15 is 0 Å². The van der Waals surface area contributed by atoms with Crippen molar-refractivity contribution in [2.45, 2.75) is 0 Å². The number of anilines is 3. The maximum absolute atomic E-state index is 2.47. The highest BCUT2D eigenvalue weighted by atomic mass is 32.1. The standard InChI is InChI=1S/C54H35NS/c1-2-14-36(15-3-1)37-28-30-43(31-29-37)55(51-35-42-17-5-7-23-46(42)54-53(51)49-26-10-11-27-52(49)56-54)44-21-13-19-39(33-44)38-18-12-20-40(32-38)50-34-41-16-4-6-22-45(41)47-24-8-9-25-48(47)50/h1-35H. The Balaban J connectivity index is 1.11. The summed E-state index contributed by atoms with van der Waals surface area (Å²) in [6, 6.07) is 77.7. The van der Waals surface area contributed by atoms with E-state index in [0.29, 0.717) is 0 Å². The van der Waals surface area contributed by atoms with Crippen LogP contribution in [0.4, 0.5) is 17.1 Å². The third-order valence-electron chi connectivity index (χ3n) is 11.2. The maximum Gasteiger partial charge on any atom is 0.0561 e. The minimum atomic E-state index is 1.11. The predicted octanol–water partition coefficient (Wildman–Crippen LogP) is 16.0. The molecule has 2 heteroatoms. The molecule has 0 aliphatic carbocycles. The molecule has 1 aromatic heterocycles. The zero-order chi connectivity index (χ0) is 37.0. The molecule has 0 N–H and O–H groups in total. The first-order chi connectivity index (χ1) is 27.8. The summed E-state index contributed by atoms with van der Waals surface area (Å²) in [6.07, 6.45) is 0. The van der Waals surface area contributed by atoms with Crippen molar-refractivity contribution in [1.82, 2.24) is 0 Å². The molecule has 0 bridgehead atoms. The van der Waals surface area contributed by atoms with Crippen molar-refractivity contribution in [3.05, 3.63) is 212 Å². The van der Waals surface area contributed by atoms with E-state index < -0.39 is 0 Å². The number of hydrogen-bond acceptors (Lipinski definition) is 2. The summed E-state index contributed by atoms with van der Waals surface area (Å²) in [6.45, 7) is 0. The van der Waals surface area contributed by atoms with Crippen molar-refractivity contribution in [2.75, 3.05) is 4.90 Å². The van der Waals surface area contributed by atoms with Gasteiger partial charge in [0.1, 0.15) is 0 Å². The fraction of sp³-hybridized carbons (Fsp3) is 0. The Hall–Kier alpha value is -7.00. The van der Waals surface area contributed by atoms with Crippen LogP contribution in [0, 0.1) is 0 Å². The molecule has 0 saturated heterocycles. The van der Waals surface area contributed by atoms with Gasteiger partial charge in [-0.3, -0.25) is 0 Å². The van der Waals surface area contributed by atoms with Crippen LogP contribution in [0.2, 0.25) is 0 Å². The fourth-order valence-corrected chi connectivity index (χ4v) is 9.82. The van der Waals surface area contributed by atoms with E-state index in [1.54, 1.807) is 0 Å². The highest BCUT2D eigenvalue weighted by Crippen LogP contribution is 2.48. The van der Waals surface area contributed by atoms with Gasteiger partial charge in [-0.25, -0.2) is 0 Å². The van der Waals surface area contributed by atoms with E-state index in [2.05, 4.69) is 217 Å². The Bertz CT molecular complexity index is 3250. The third-order valence-corrected chi connectivity index (χ3v) is 12.4. The van der Waals surface area contributed by atoms with Crippen LogP contribution in [0.15, 0.2) is 212 Å². The molecule has 11 rings (SSSR count). The Kier molecular flexibility index (Phi) is 7.75. The number of hydrogen-bond donors (Lipinski definition) is 0. The number of thiophene rings is 1. The molecule has 1 heterocycles. The van der Waals surface area contributed by atoms with Crippen molar-refractivity contribution < 1.29 is 0 Å². The molecule has 11 aromatic rings. The third kappa shape index (κ3) is 5.46. The van der Waals surface area contributed by atoms with Gasteiger partial charge in [-0.1, -0.05) is 164 Å². The topological polar surface area (TPSA) is 3.24 Å². The SMILES string of the molecule is c1ccc(-c2ccc(N(c3cccc(-c4cccc(-c5cc6ccccc6c6ccccc56)c4)c3)c3cc4ccccc4c4sc5ccccc5c34)cc2)cc1. The lowest BCUT2D eigenvalue weighted by Crippen LogP contribution is -2.10. The Morgan fingerprint density at radius 3 is 1.70 bits per heavy atom. The average molecular weight is 730 g/mol. The van der Waals surface area contributed by atoms with Gasteiger partial charge < -0.3 is 4.90 Å². The minimum Gasteiger partial charge on any atom is -0.310 e. The summed E-state index contributed by atoms with van der Waals surface area (Å²) in [5.74, 6) is 0. The van der Waals surface area contributed by atoms with Gasteiger partial charge in [-0.05, 0) is 114 Å². The molecule has 0 fully saturated rings. The van der Waals surface area contributed by atoms with Gasteiger partial charge in [0, 0.05) is 31.5 Å². The molecule has 0 spiro atoms. The molecule has 0 atom stereocenters. The summed E-state index contributed by atoms with van der Waals surface area (Å²) in [5, 5.41) is 10.2. The molecule has 0 aliphatic heterocycles. The largest absolute Gasteiger partial charge is 0.310 e. The van der Waals surface area contributed by atoms with E-state index in [4.69, 9.17) is 0 Å². The van der Waals surface area contributed by atoms with Crippen molar-refractivity contribution in [3.63, 3.8) is 0 Å². The van der Waals surface area contributed by atoms with Crippen LogP contribution in [-0.2, 0) is 0 Å². The molecule has 0 aliphatic rings. The molecule has 0 saturated carbocycles. The number of benzene rings is 10. The van der Waals surface area contributed by atoms with E-state index in [-0.39, 0.29) is 0 Å². The first-order valence-corrected chi connectivity index (χ1v) is 20.0. The highest BCUT2D eigenvalue weighted by molar-refractivity contribution is 7.26. The second kappa shape index (κ2) is 13.4. The normalized spacial score (nSPS) is 11.6. The summed E-state index contributed by atoms with van der Waals surface area (Å²) in [4.78, 5) is 2.47. The van der Waals surface area contributed by atoms with Gasteiger partial charge in [0.2, 0.25) is 0 Å². The first kappa shape index (κ1) is 32.4. The van der Waals surface area contributed by atoms with Crippen LogP contribution in [0.5, 0.6) is 0 Å². The van der Waals surface area contributed by atoms with E-state index in [9.17, 15) is 0 Å². The van der Waals surface area contributed by atoms with Crippen molar-refractivity contribution >= 4 is 80.9 Å². The lowest BCUT2D eigenvalue weighted by molar-refractivity contribution is 1.30. The number of rotatable bonds is 6. The second-order valence-corrected chi connectivity index (χ2v) is 15.5. The molecule has 1 nitrogen and oxygen atoms in total. The average Bonchev–Trinajstić information content (AvgIpc) is 3.67. The molecule has 0 radical (unpaired) electrons. The first-order valence-electron chi connectivity index (χ1n) is 19.2. The van der Waals surface area contributed by atoms with E-state index in [0.717, 1.165) is 11.4 Å². The van der Waals surface area contributed by atoms with Gasteiger partial charge in [0.05, 0.1) is 5.69 Å². The lowest BCUT2D eigenvalue weighted by atomic mass is 9.92. The zero-order valence-corrected chi connectivity index (χ0v) is 31.4. The lowest BCUT2D eigenvalue weighted by Gasteiger charge is -2.28. The van der Waals surface area contributed by atoms with Crippen LogP contribution in [0.25, 0.3) is 85.9 Å². The van der Waals surface area contributed by atoms with Gasteiger partial charge >= 0.3 is 0 Å². The smallest absolute Gasteiger partial charge is 0.0561 e. The van der Waals surface area contributed by atoms with Crippen molar-refractivity contribution in [2.24, 2.45) is 0 Å². The van der Waals surface area contributed by atoms with Gasteiger partial charge in [0.25, 0.3) is 0 Å². The van der Waals surface area contributed by atoms with Gasteiger partial charge in [-0.15, -0.1) is 11.3 Å². The maximum atomic E-state index is 2.47. The Morgan fingerprint density at radius 1 is 0.321 bits per heavy atom. The quantitative estimate of drug-likeness (QED) is 0.154. The molecule has 0 amide bonds. The van der Waals surface area contributed by atoms with Gasteiger partial charge in [-0.2, -0.15) is 0 Å². The second-order valence-electron chi connectivity index (χ2n) is 14.5. The monoisotopic (exact) mass is 729 g/mol. The summed E-state index contributed by atoms with van der Waals surface area (Å²) in [7, 11) is 0. The minimum absolute atomic E-state index is 1.11. The molecule has 56 heavy (non-hydrogen) atoms. The van der Waals surface area contributed by atoms with E-state index in [1.807, 2.05) is 11.3 Å². The van der Waals surface area contributed by atoms with Crippen LogP contribution in [0.3, 0.4) is 0 Å². The Morgan fingerprint density at radius 2 is 0.893 bits per heavy atom. The van der Waals surface area contributed by atoms with Crippen molar-refractivity contribution in [3.8, 4) is 33.4 Å². The van der Waals surface area contributed by atoms with Gasteiger partial charge in [0.15, 0.2) is 0 Å². The molecular formula is C54H35NS. The summed E-state index contributed by atoms with van der Waals surface area (Å²) < 4.78 is 2.61. The number of nitrogens with zero attached hydrogens (tertiary/aromatic N) is 1. The predicted molar refractivity (Wildman–Crippen MR) is 243 cm³/mol. The molecular weight excluding hydrogens is 695 g/mol. The molecule has 262 valence electrons. The summed E-state index contributed by atoms with van der Waals surface area (Å²) in [5.41, 5.74) is 10.6. The van der Waals surface area contributed by atoms with Crippen LogP contribution in [-0.4, -0.2) is 0 Å². The van der Waals surface area contributed by atoms with E-state index in [1.165, 1.54) is 91.6 Å². The summed E-state index contributed by atoms with van der Waals surface area (Å²) >= 11 is 1.89.